The summed E-state index contributed by atoms with van der Waals surface area (Å²) < 4.78 is 10.7. The molecule has 7 nitrogen and oxygen atoms in total. The van der Waals surface area contributed by atoms with Crippen molar-refractivity contribution in [3.8, 4) is 22.1 Å². The monoisotopic (exact) mass is 383 g/mol. The Morgan fingerprint density at radius 3 is 2.70 bits per heavy atom. The van der Waals surface area contributed by atoms with Crippen LogP contribution in [0, 0.1) is 0 Å². The predicted molar refractivity (Wildman–Crippen MR) is 99.9 cm³/mol. The highest BCUT2D eigenvalue weighted by Crippen LogP contribution is 2.32. The lowest BCUT2D eigenvalue weighted by molar-refractivity contribution is 0.0711. The fourth-order valence-corrected chi connectivity index (χ4v) is 3.60. The number of pyridine rings is 1. The predicted octanol–water partition coefficient (Wildman–Crippen LogP) is 2.95. The van der Waals surface area contributed by atoms with Crippen LogP contribution in [0.2, 0.25) is 0 Å². The third kappa shape index (κ3) is 3.92. The van der Waals surface area contributed by atoms with Gasteiger partial charge in [-0.2, -0.15) is 0 Å². The van der Waals surface area contributed by atoms with Crippen molar-refractivity contribution in [3.05, 3.63) is 64.7 Å². The molecule has 0 bridgehead atoms. The van der Waals surface area contributed by atoms with Gasteiger partial charge in [0.1, 0.15) is 0 Å². The highest BCUT2D eigenvalue weighted by Gasteiger charge is 2.13. The third-order valence-electron chi connectivity index (χ3n) is 4.10. The quantitative estimate of drug-likeness (QED) is 0.448. The number of hydrogen-bond donors (Lipinski definition) is 3. The summed E-state index contributed by atoms with van der Waals surface area (Å²) in [5.41, 5.74) is 4.60. The Bertz CT molecular complexity index is 956. The molecule has 1 amide bonds. The van der Waals surface area contributed by atoms with Crippen LogP contribution in [0.5, 0.6) is 11.5 Å². The lowest BCUT2D eigenvalue weighted by Gasteiger charge is -2.06. The molecule has 3 heterocycles. The molecule has 0 atom stereocenters. The molecule has 27 heavy (non-hydrogen) atoms. The van der Waals surface area contributed by atoms with Crippen molar-refractivity contribution in [1.29, 1.82) is 0 Å². The molecule has 0 fully saturated rings. The number of carbonyl (C=O) groups is 1. The number of hydrogen-bond acceptors (Lipinski definition) is 7. The number of ether oxygens (including phenoxy) is 2. The van der Waals surface area contributed by atoms with Crippen molar-refractivity contribution in [2.45, 2.75) is 13.1 Å². The van der Waals surface area contributed by atoms with Gasteiger partial charge >= 0.3 is 0 Å². The summed E-state index contributed by atoms with van der Waals surface area (Å²) in [6.07, 6.45) is 1.81. The number of amides is 1. The zero-order valence-electron chi connectivity index (χ0n) is 14.3. The van der Waals surface area contributed by atoms with E-state index < -0.39 is 5.91 Å². The van der Waals surface area contributed by atoms with E-state index in [1.807, 2.05) is 42.6 Å². The van der Waals surface area contributed by atoms with Gasteiger partial charge in [0, 0.05) is 19.3 Å². The normalized spacial score (nSPS) is 12.2. The summed E-state index contributed by atoms with van der Waals surface area (Å²) in [6.45, 7) is 1.67. The Hall–Kier alpha value is -2.94. The Morgan fingerprint density at radius 1 is 1.07 bits per heavy atom. The van der Waals surface area contributed by atoms with E-state index in [4.69, 9.17) is 14.7 Å². The van der Waals surface area contributed by atoms with Crippen LogP contribution in [0.25, 0.3) is 10.6 Å². The van der Waals surface area contributed by atoms with Gasteiger partial charge in [-0.3, -0.25) is 15.0 Å². The van der Waals surface area contributed by atoms with Gasteiger partial charge in [0.2, 0.25) is 6.79 Å². The van der Waals surface area contributed by atoms with E-state index in [0.29, 0.717) is 18.0 Å². The minimum Gasteiger partial charge on any atom is -0.454 e. The van der Waals surface area contributed by atoms with Crippen LogP contribution >= 0.6 is 11.3 Å². The molecule has 1 aliphatic heterocycles. The second-order valence-electron chi connectivity index (χ2n) is 5.95. The van der Waals surface area contributed by atoms with Crippen LogP contribution in [0.3, 0.4) is 0 Å². The maximum atomic E-state index is 11.4. The van der Waals surface area contributed by atoms with Gasteiger partial charge in [0.15, 0.2) is 11.5 Å². The van der Waals surface area contributed by atoms with Crippen LogP contribution in [0.1, 0.15) is 20.8 Å². The van der Waals surface area contributed by atoms with Crippen LogP contribution in [0.15, 0.2) is 48.7 Å². The first-order valence-electron chi connectivity index (χ1n) is 8.32. The molecule has 2 aromatic heterocycles. The molecule has 0 unspecified atom stereocenters. The van der Waals surface area contributed by atoms with Crippen molar-refractivity contribution in [1.82, 2.24) is 15.8 Å². The lowest BCUT2D eigenvalue weighted by Crippen LogP contribution is -2.16. The number of thiophene rings is 1. The van der Waals surface area contributed by atoms with E-state index in [1.165, 1.54) is 11.3 Å². The zero-order valence-corrected chi connectivity index (χ0v) is 15.1. The van der Waals surface area contributed by atoms with Gasteiger partial charge in [-0.1, -0.05) is 12.1 Å². The molecule has 0 saturated carbocycles. The smallest absolute Gasteiger partial charge is 0.284 e. The second-order valence-corrected chi connectivity index (χ2v) is 7.03. The first-order chi connectivity index (χ1) is 13.2. The van der Waals surface area contributed by atoms with Crippen molar-refractivity contribution < 1.29 is 19.5 Å². The molecule has 0 saturated heterocycles. The summed E-state index contributed by atoms with van der Waals surface area (Å²) in [4.78, 5) is 17.2. The summed E-state index contributed by atoms with van der Waals surface area (Å²) in [5.74, 6) is 1.05. The molecular formula is C19H17N3O4S. The standard InChI is InChI=1S/C19H17N3O4S/c23-19(22-24)18-6-5-17(27-18)14-3-1-13(10-21-14)9-20-8-12-2-4-15-16(7-12)26-11-25-15/h1-7,10,20,24H,8-9,11H2,(H,22,23). The first kappa shape index (κ1) is 17.5. The van der Waals surface area contributed by atoms with E-state index in [-0.39, 0.29) is 6.79 Å². The largest absolute Gasteiger partial charge is 0.454 e. The topological polar surface area (TPSA) is 92.7 Å². The minimum absolute atomic E-state index is 0.278. The number of nitrogens with one attached hydrogen (secondary N) is 2. The number of rotatable bonds is 6. The summed E-state index contributed by atoms with van der Waals surface area (Å²) in [5, 5.41) is 12.1. The van der Waals surface area contributed by atoms with Gasteiger partial charge in [-0.05, 0) is 41.5 Å². The summed E-state index contributed by atoms with van der Waals surface area (Å²) in [6, 6.07) is 13.3. The summed E-state index contributed by atoms with van der Waals surface area (Å²) >= 11 is 1.28. The number of aromatic nitrogens is 1. The van der Waals surface area contributed by atoms with Crippen LogP contribution < -0.4 is 20.3 Å². The minimum atomic E-state index is -0.518. The second kappa shape index (κ2) is 7.75. The number of benzene rings is 1. The molecule has 8 heteroatoms. The SMILES string of the molecule is O=C(NO)c1ccc(-c2ccc(CNCc3ccc4c(c3)OCO4)cn2)s1. The van der Waals surface area contributed by atoms with Crippen molar-refractivity contribution in [3.63, 3.8) is 0 Å². The van der Waals surface area contributed by atoms with Gasteiger partial charge in [0.05, 0.1) is 15.4 Å². The molecule has 3 aromatic rings. The van der Waals surface area contributed by atoms with Crippen LogP contribution in [-0.4, -0.2) is 22.9 Å². The van der Waals surface area contributed by atoms with Crippen LogP contribution in [0.4, 0.5) is 0 Å². The molecule has 3 N–H and O–H groups in total. The summed E-state index contributed by atoms with van der Waals surface area (Å²) in [7, 11) is 0. The van der Waals surface area contributed by atoms with Crippen molar-refractivity contribution in [2.24, 2.45) is 0 Å². The maximum Gasteiger partial charge on any atom is 0.284 e. The van der Waals surface area contributed by atoms with Gasteiger partial charge < -0.3 is 14.8 Å². The Kier molecular flexibility index (Phi) is 5.01. The van der Waals surface area contributed by atoms with Crippen LogP contribution in [-0.2, 0) is 13.1 Å². The molecule has 4 rings (SSSR count). The molecule has 0 radical (unpaired) electrons. The Labute approximate surface area is 159 Å². The van der Waals surface area contributed by atoms with Gasteiger partial charge in [-0.15, -0.1) is 11.3 Å². The average molecular weight is 383 g/mol. The molecular weight excluding hydrogens is 366 g/mol. The van der Waals surface area contributed by atoms with Gasteiger partial charge in [0.25, 0.3) is 5.91 Å². The lowest BCUT2D eigenvalue weighted by atomic mass is 10.2. The van der Waals surface area contributed by atoms with E-state index in [0.717, 1.165) is 33.2 Å². The van der Waals surface area contributed by atoms with E-state index in [1.54, 1.807) is 11.5 Å². The van der Waals surface area contributed by atoms with Gasteiger partial charge in [-0.25, -0.2) is 5.48 Å². The highest BCUT2D eigenvalue weighted by molar-refractivity contribution is 7.17. The fraction of sp³-hybridized carbons (Fsp3) is 0.158. The molecule has 1 aliphatic rings. The first-order valence-corrected chi connectivity index (χ1v) is 9.13. The number of fused-ring (bicyclic) bond motifs is 1. The molecule has 138 valence electrons. The highest BCUT2D eigenvalue weighted by atomic mass is 32.1. The van der Waals surface area contributed by atoms with Crippen molar-refractivity contribution >= 4 is 17.2 Å². The fourth-order valence-electron chi connectivity index (χ4n) is 2.73. The van der Waals surface area contributed by atoms with E-state index in [2.05, 4.69) is 10.3 Å². The maximum absolute atomic E-state index is 11.4. The number of hydroxylamine groups is 1. The average Bonchev–Trinajstić information content (AvgIpc) is 3.37. The van der Waals surface area contributed by atoms with E-state index >= 15 is 0 Å². The molecule has 1 aromatic carbocycles. The van der Waals surface area contributed by atoms with Crippen molar-refractivity contribution in [2.75, 3.05) is 6.79 Å². The number of nitrogens with zero attached hydrogens (tertiary/aromatic N) is 1. The van der Waals surface area contributed by atoms with E-state index in [9.17, 15) is 4.79 Å². The zero-order chi connectivity index (χ0) is 18.6. The third-order valence-corrected chi connectivity index (χ3v) is 5.21. The Balaban J connectivity index is 1.34. The molecule has 0 aliphatic carbocycles. The Morgan fingerprint density at radius 2 is 1.89 bits per heavy atom. The number of carbonyl (C=O) groups excluding carboxylic acids is 1. The molecule has 0 spiro atoms.